The molecule has 20 heavy (non-hydrogen) atoms. The summed E-state index contributed by atoms with van der Waals surface area (Å²) in [6, 6.07) is 1.72. The number of fused-ring (bicyclic) bond motifs is 1. The van der Waals surface area contributed by atoms with E-state index in [1.165, 1.54) is 45.0 Å². The van der Waals surface area contributed by atoms with Crippen molar-refractivity contribution >= 4 is 9.84 Å². The number of piperidine rings is 1. The van der Waals surface area contributed by atoms with Crippen LogP contribution in [-0.2, 0) is 9.84 Å². The van der Waals surface area contributed by atoms with E-state index in [-0.39, 0.29) is 5.25 Å². The lowest BCUT2D eigenvalue weighted by molar-refractivity contribution is 0.173. The molecule has 3 rings (SSSR count). The van der Waals surface area contributed by atoms with Crippen LogP contribution in [0.15, 0.2) is 0 Å². The second-order valence-electron chi connectivity index (χ2n) is 6.98. The van der Waals surface area contributed by atoms with Gasteiger partial charge in [-0.15, -0.1) is 0 Å². The molecule has 0 spiro atoms. The quantitative estimate of drug-likeness (QED) is 0.859. The Morgan fingerprint density at radius 2 is 1.85 bits per heavy atom. The van der Waals surface area contributed by atoms with Crippen LogP contribution in [0, 0.1) is 0 Å². The van der Waals surface area contributed by atoms with Crippen LogP contribution in [-0.4, -0.2) is 56.0 Å². The number of hydrogen-bond acceptors (Lipinski definition) is 4. The predicted molar refractivity (Wildman–Crippen MR) is 81.6 cm³/mol. The van der Waals surface area contributed by atoms with Gasteiger partial charge in [-0.1, -0.05) is 12.8 Å². The van der Waals surface area contributed by atoms with Gasteiger partial charge in [0.25, 0.3) is 0 Å². The Kier molecular flexibility index (Phi) is 4.39. The van der Waals surface area contributed by atoms with Gasteiger partial charge in [0, 0.05) is 30.9 Å². The van der Waals surface area contributed by atoms with Crippen molar-refractivity contribution in [2.24, 2.45) is 0 Å². The summed E-state index contributed by atoms with van der Waals surface area (Å²) in [5, 5.41) is 3.70. The van der Waals surface area contributed by atoms with Crippen LogP contribution < -0.4 is 5.32 Å². The van der Waals surface area contributed by atoms with Crippen LogP contribution in [0.5, 0.6) is 0 Å². The average Bonchev–Trinajstić information content (AvgIpc) is 2.82. The summed E-state index contributed by atoms with van der Waals surface area (Å²) >= 11 is 0. The van der Waals surface area contributed by atoms with E-state index in [9.17, 15) is 8.42 Å². The lowest BCUT2D eigenvalue weighted by Gasteiger charge is -2.36. The summed E-state index contributed by atoms with van der Waals surface area (Å²) in [5.74, 6) is 0. The van der Waals surface area contributed by atoms with Gasteiger partial charge in [-0.05, 0) is 45.1 Å². The number of nitrogens with one attached hydrogen (secondary N) is 1. The highest BCUT2D eigenvalue weighted by atomic mass is 32.2. The minimum atomic E-state index is -2.87. The number of sulfone groups is 1. The van der Waals surface area contributed by atoms with Crippen molar-refractivity contribution in [3.8, 4) is 0 Å². The SMILES string of the molecule is CS(=O)(=O)C1CCCC(NC2CCN3CCCCC23)C1. The van der Waals surface area contributed by atoms with Crippen LogP contribution in [0.1, 0.15) is 51.4 Å². The Labute approximate surface area is 123 Å². The van der Waals surface area contributed by atoms with Gasteiger partial charge in [-0.3, -0.25) is 4.90 Å². The highest BCUT2D eigenvalue weighted by molar-refractivity contribution is 7.91. The van der Waals surface area contributed by atoms with Crippen molar-refractivity contribution in [3.05, 3.63) is 0 Å². The maximum absolute atomic E-state index is 11.8. The minimum absolute atomic E-state index is 0.113. The van der Waals surface area contributed by atoms with Crippen molar-refractivity contribution in [1.29, 1.82) is 0 Å². The van der Waals surface area contributed by atoms with Crippen LogP contribution in [0.4, 0.5) is 0 Å². The molecule has 116 valence electrons. The summed E-state index contributed by atoms with van der Waals surface area (Å²) in [6.07, 6.45) is 10.5. The molecule has 0 aromatic heterocycles. The first-order chi connectivity index (χ1) is 9.54. The van der Waals surface area contributed by atoms with Crippen molar-refractivity contribution in [2.75, 3.05) is 19.3 Å². The molecule has 0 aromatic carbocycles. The standard InChI is InChI=1S/C15H28N2O2S/c1-20(18,19)13-6-4-5-12(11-13)16-14-8-10-17-9-3-2-7-15(14)17/h12-16H,2-11H2,1H3. The minimum Gasteiger partial charge on any atom is -0.310 e. The third-order valence-corrected chi connectivity index (χ3v) is 7.18. The third-order valence-electron chi connectivity index (χ3n) is 5.54. The Bertz CT molecular complexity index is 437. The van der Waals surface area contributed by atoms with Crippen LogP contribution >= 0.6 is 0 Å². The first-order valence-corrected chi connectivity index (χ1v) is 10.2. The maximum atomic E-state index is 11.8. The second kappa shape index (κ2) is 5.93. The second-order valence-corrected chi connectivity index (χ2v) is 9.30. The molecule has 0 aromatic rings. The number of hydrogen-bond donors (Lipinski definition) is 1. The molecular formula is C15H28N2O2S. The largest absolute Gasteiger partial charge is 0.310 e. The van der Waals surface area contributed by atoms with Crippen molar-refractivity contribution in [3.63, 3.8) is 0 Å². The topological polar surface area (TPSA) is 49.4 Å². The summed E-state index contributed by atoms with van der Waals surface area (Å²) in [7, 11) is -2.87. The first kappa shape index (κ1) is 14.8. The third kappa shape index (κ3) is 3.20. The summed E-state index contributed by atoms with van der Waals surface area (Å²) < 4.78 is 23.5. The molecule has 2 aliphatic heterocycles. The molecule has 2 saturated heterocycles. The Morgan fingerprint density at radius 3 is 2.65 bits per heavy atom. The van der Waals surface area contributed by atoms with E-state index in [4.69, 9.17) is 0 Å². The van der Waals surface area contributed by atoms with Crippen LogP contribution in [0.25, 0.3) is 0 Å². The van der Waals surface area contributed by atoms with E-state index in [1.807, 2.05) is 0 Å². The fourth-order valence-corrected chi connectivity index (χ4v) is 5.61. The fourth-order valence-electron chi connectivity index (χ4n) is 4.43. The Hall–Kier alpha value is -0.130. The summed E-state index contributed by atoms with van der Waals surface area (Å²) in [4.78, 5) is 2.64. The molecule has 4 nitrogen and oxygen atoms in total. The highest BCUT2D eigenvalue weighted by Crippen LogP contribution is 2.30. The molecule has 3 aliphatic rings. The monoisotopic (exact) mass is 300 g/mol. The van der Waals surface area contributed by atoms with Gasteiger partial charge in [0.2, 0.25) is 0 Å². The molecule has 0 amide bonds. The zero-order chi connectivity index (χ0) is 14.2. The van der Waals surface area contributed by atoms with E-state index in [2.05, 4.69) is 10.2 Å². The van der Waals surface area contributed by atoms with Gasteiger partial charge < -0.3 is 5.32 Å². The predicted octanol–water partition coefficient (Wildman–Crippen LogP) is 1.56. The van der Waals surface area contributed by atoms with E-state index in [0.717, 1.165) is 25.7 Å². The van der Waals surface area contributed by atoms with E-state index in [1.54, 1.807) is 0 Å². The Morgan fingerprint density at radius 1 is 1.00 bits per heavy atom. The van der Waals surface area contributed by atoms with Crippen LogP contribution in [0.2, 0.25) is 0 Å². The van der Waals surface area contributed by atoms with Gasteiger partial charge in [-0.2, -0.15) is 0 Å². The van der Waals surface area contributed by atoms with Gasteiger partial charge in [0.05, 0.1) is 5.25 Å². The van der Waals surface area contributed by atoms with Gasteiger partial charge in [0.15, 0.2) is 0 Å². The smallest absolute Gasteiger partial charge is 0.150 e. The van der Waals surface area contributed by atoms with Crippen molar-refractivity contribution < 1.29 is 8.42 Å². The van der Waals surface area contributed by atoms with E-state index in [0.29, 0.717) is 18.1 Å². The van der Waals surface area contributed by atoms with Gasteiger partial charge in [-0.25, -0.2) is 8.42 Å². The van der Waals surface area contributed by atoms with Crippen molar-refractivity contribution in [1.82, 2.24) is 10.2 Å². The fraction of sp³-hybridized carbons (Fsp3) is 1.00. The molecule has 4 atom stereocenters. The molecule has 4 unspecified atom stereocenters. The summed E-state index contributed by atoms with van der Waals surface area (Å²) in [5.41, 5.74) is 0. The Balaban J connectivity index is 1.57. The lowest BCUT2D eigenvalue weighted by atomic mass is 9.92. The van der Waals surface area contributed by atoms with E-state index < -0.39 is 9.84 Å². The molecule has 3 fully saturated rings. The van der Waals surface area contributed by atoms with Gasteiger partial charge >= 0.3 is 0 Å². The molecule has 5 heteroatoms. The molecular weight excluding hydrogens is 272 g/mol. The lowest BCUT2D eigenvalue weighted by Crippen LogP contribution is -2.50. The van der Waals surface area contributed by atoms with Crippen molar-refractivity contribution in [2.45, 2.75) is 74.7 Å². The first-order valence-electron chi connectivity index (χ1n) is 8.23. The molecule has 2 heterocycles. The number of nitrogens with zero attached hydrogens (tertiary/aromatic N) is 1. The molecule has 0 radical (unpaired) electrons. The van der Waals surface area contributed by atoms with E-state index >= 15 is 0 Å². The zero-order valence-corrected chi connectivity index (χ0v) is 13.4. The molecule has 1 aliphatic carbocycles. The zero-order valence-electron chi connectivity index (χ0n) is 12.6. The number of rotatable bonds is 3. The molecule has 0 bridgehead atoms. The molecule has 1 saturated carbocycles. The molecule has 1 N–H and O–H groups in total. The normalized spacial score (nSPS) is 39.6. The van der Waals surface area contributed by atoms with Gasteiger partial charge in [0.1, 0.15) is 9.84 Å². The summed E-state index contributed by atoms with van der Waals surface area (Å²) in [6.45, 7) is 2.49. The maximum Gasteiger partial charge on any atom is 0.150 e. The van der Waals surface area contributed by atoms with Crippen LogP contribution in [0.3, 0.4) is 0 Å². The highest BCUT2D eigenvalue weighted by Gasteiger charge is 2.37. The average molecular weight is 300 g/mol.